The van der Waals surface area contributed by atoms with Gasteiger partial charge in [-0.15, -0.1) is 0 Å². The fraction of sp³-hybridized carbons (Fsp3) is 0.286. The summed E-state index contributed by atoms with van der Waals surface area (Å²) in [7, 11) is 0. The van der Waals surface area contributed by atoms with Crippen molar-refractivity contribution in [3.05, 3.63) is 63.4 Å². The van der Waals surface area contributed by atoms with Crippen LogP contribution in [0.4, 0.5) is 11.5 Å². The van der Waals surface area contributed by atoms with Crippen LogP contribution in [-0.2, 0) is 16.1 Å². The molecule has 0 radical (unpaired) electrons. The van der Waals surface area contributed by atoms with Crippen LogP contribution in [0.3, 0.4) is 0 Å². The van der Waals surface area contributed by atoms with Gasteiger partial charge in [0.15, 0.2) is 5.82 Å². The van der Waals surface area contributed by atoms with Crippen molar-refractivity contribution in [1.29, 1.82) is 0 Å². The Labute approximate surface area is 172 Å². The Morgan fingerprint density at radius 2 is 1.90 bits per heavy atom. The molecule has 29 heavy (non-hydrogen) atoms. The van der Waals surface area contributed by atoms with Crippen molar-refractivity contribution >= 4 is 39.8 Å². The topological polar surface area (TPSA) is 76.5 Å². The molecule has 0 bridgehead atoms. The van der Waals surface area contributed by atoms with E-state index in [1.165, 1.54) is 4.68 Å². The normalized spacial score (nSPS) is 14.2. The Bertz CT molecular complexity index is 1120. The summed E-state index contributed by atoms with van der Waals surface area (Å²) >= 11 is 6.20. The molecule has 4 rings (SSSR count). The van der Waals surface area contributed by atoms with Crippen LogP contribution in [0.15, 0.2) is 47.3 Å². The first-order valence-corrected chi connectivity index (χ1v) is 9.79. The number of benzene rings is 2. The van der Waals surface area contributed by atoms with Gasteiger partial charge in [-0.05, 0) is 30.7 Å². The predicted octanol–water partition coefficient (Wildman–Crippen LogP) is 2.83. The molecule has 1 aromatic heterocycles. The third-order valence-electron chi connectivity index (χ3n) is 4.85. The van der Waals surface area contributed by atoms with Gasteiger partial charge >= 0.3 is 0 Å². The Kier molecular flexibility index (Phi) is 5.51. The van der Waals surface area contributed by atoms with E-state index in [4.69, 9.17) is 16.3 Å². The number of morpholine rings is 1. The highest BCUT2D eigenvalue weighted by Gasteiger charge is 2.19. The zero-order valence-electron chi connectivity index (χ0n) is 16.0. The van der Waals surface area contributed by atoms with Gasteiger partial charge in [0.1, 0.15) is 6.54 Å². The van der Waals surface area contributed by atoms with Gasteiger partial charge in [-0.2, -0.15) is 5.10 Å². The highest BCUT2D eigenvalue weighted by Crippen LogP contribution is 2.24. The first-order chi connectivity index (χ1) is 14.0. The third kappa shape index (κ3) is 4.11. The molecule has 1 saturated heterocycles. The van der Waals surface area contributed by atoms with Crippen LogP contribution in [0.25, 0.3) is 10.8 Å². The molecule has 8 heteroatoms. The van der Waals surface area contributed by atoms with Crippen LogP contribution in [0.5, 0.6) is 0 Å². The smallest absolute Gasteiger partial charge is 0.275 e. The fourth-order valence-corrected chi connectivity index (χ4v) is 3.66. The van der Waals surface area contributed by atoms with Gasteiger partial charge in [-0.25, -0.2) is 4.68 Å². The quantitative estimate of drug-likeness (QED) is 0.713. The summed E-state index contributed by atoms with van der Waals surface area (Å²) in [6.45, 7) is 4.28. The van der Waals surface area contributed by atoms with Gasteiger partial charge in [0.2, 0.25) is 5.91 Å². The van der Waals surface area contributed by atoms with Crippen LogP contribution in [0.1, 0.15) is 5.56 Å². The second kappa shape index (κ2) is 8.23. The van der Waals surface area contributed by atoms with E-state index in [9.17, 15) is 9.59 Å². The summed E-state index contributed by atoms with van der Waals surface area (Å²) < 4.78 is 6.64. The van der Waals surface area contributed by atoms with Crippen LogP contribution >= 0.6 is 11.6 Å². The monoisotopic (exact) mass is 412 g/mol. The molecule has 3 aromatic rings. The van der Waals surface area contributed by atoms with E-state index in [1.807, 2.05) is 31.2 Å². The number of amides is 1. The minimum atomic E-state index is -0.367. The summed E-state index contributed by atoms with van der Waals surface area (Å²) in [5, 5.41) is 9.04. The largest absolute Gasteiger partial charge is 0.378 e. The first-order valence-electron chi connectivity index (χ1n) is 9.41. The fourth-order valence-electron chi connectivity index (χ4n) is 3.38. The number of aromatic nitrogens is 2. The van der Waals surface area contributed by atoms with E-state index in [2.05, 4.69) is 15.3 Å². The molecular weight excluding hydrogens is 392 g/mol. The number of carbonyl (C=O) groups is 1. The summed E-state index contributed by atoms with van der Waals surface area (Å²) in [5.41, 5.74) is 1.20. The molecule has 0 spiro atoms. The van der Waals surface area contributed by atoms with E-state index < -0.39 is 0 Å². The Morgan fingerprint density at radius 1 is 1.17 bits per heavy atom. The number of halogens is 1. The van der Waals surface area contributed by atoms with Crippen molar-refractivity contribution in [2.24, 2.45) is 0 Å². The number of nitrogens with one attached hydrogen (secondary N) is 1. The zero-order valence-corrected chi connectivity index (χ0v) is 16.8. The number of carbonyl (C=O) groups excluding carboxylic acids is 1. The number of ether oxygens (including phenoxy) is 1. The van der Waals surface area contributed by atoms with Gasteiger partial charge in [-0.1, -0.05) is 35.9 Å². The number of hydrogen-bond acceptors (Lipinski definition) is 5. The lowest BCUT2D eigenvalue weighted by Gasteiger charge is -2.29. The lowest BCUT2D eigenvalue weighted by atomic mass is 10.1. The second-order valence-corrected chi connectivity index (χ2v) is 7.37. The molecule has 1 N–H and O–H groups in total. The first kappa shape index (κ1) is 19.4. The molecule has 2 heterocycles. The number of nitrogens with zero attached hydrogens (tertiary/aromatic N) is 3. The Morgan fingerprint density at radius 3 is 2.62 bits per heavy atom. The maximum absolute atomic E-state index is 12.9. The molecule has 150 valence electrons. The summed E-state index contributed by atoms with van der Waals surface area (Å²) in [4.78, 5) is 27.6. The molecular formula is C21H21ClN4O3. The lowest BCUT2D eigenvalue weighted by molar-refractivity contribution is -0.117. The van der Waals surface area contributed by atoms with E-state index in [0.29, 0.717) is 48.2 Å². The number of hydrogen-bond donors (Lipinski definition) is 1. The number of aryl methyl sites for hydroxylation is 1. The molecule has 7 nitrogen and oxygen atoms in total. The lowest BCUT2D eigenvalue weighted by Crippen LogP contribution is -2.39. The number of rotatable bonds is 4. The van der Waals surface area contributed by atoms with Crippen LogP contribution in [0.2, 0.25) is 5.02 Å². The maximum atomic E-state index is 12.9. The van der Waals surface area contributed by atoms with Crippen molar-refractivity contribution in [3.63, 3.8) is 0 Å². The molecule has 1 aliphatic heterocycles. The molecule has 1 fully saturated rings. The molecule has 0 atom stereocenters. The zero-order chi connectivity index (χ0) is 20.4. The number of fused-ring (bicyclic) bond motifs is 1. The van der Waals surface area contributed by atoms with Gasteiger partial charge in [0, 0.05) is 18.5 Å². The molecule has 1 aliphatic rings. The molecule has 0 unspecified atom stereocenters. The highest BCUT2D eigenvalue weighted by molar-refractivity contribution is 6.33. The molecule has 1 amide bonds. The minimum Gasteiger partial charge on any atom is -0.378 e. The van der Waals surface area contributed by atoms with Gasteiger partial charge in [0.25, 0.3) is 5.56 Å². The van der Waals surface area contributed by atoms with Crippen LogP contribution in [0, 0.1) is 6.92 Å². The van der Waals surface area contributed by atoms with E-state index in [1.54, 1.807) is 18.2 Å². The molecule has 0 saturated carbocycles. The number of anilines is 2. The third-order valence-corrected chi connectivity index (χ3v) is 5.16. The summed E-state index contributed by atoms with van der Waals surface area (Å²) in [6.07, 6.45) is 0. The standard InChI is InChI=1S/C21H21ClN4O3/c1-14-6-7-18(17(22)12-14)23-19(27)13-26-21(28)16-5-3-2-4-15(16)20(24-26)25-8-10-29-11-9-25/h2-7,12H,8-11,13H2,1H3,(H,23,27). The predicted molar refractivity (Wildman–Crippen MR) is 114 cm³/mol. The van der Waals surface area contributed by atoms with Gasteiger partial charge < -0.3 is 15.0 Å². The average molecular weight is 413 g/mol. The van der Waals surface area contributed by atoms with Crippen LogP contribution < -0.4 is 15.8 Å². The Balaban J connectivity index is 1.67. The van der Waals surface area contributed by atoms with Crippen LogP contribution in [-0.4, -0.2) is 42.0 Å². The second-order valence-electron chi connectivity index (χ2n) is 6.96. The van der Waals surface area contributed by atoms with Crippen molar-refractivity contribution in [3.8, 4) is 0 Å². The Hall–Kier alpha value is -2.90. The van der Waals surface area contributed by atoms with Crippen molar-refractivity contribution < 1.29 is 9.53 Å². The molecule has 0 aliphatic carbocycles. The average Bonchev–Trinajstić information content (AvgIpc) is 2.73. The molecule has 2 aromatic carbocycles. The van der Waals surface area contributed by atoms with Crippen molar-refractivity contribution in [2.45, 2.75) is 13.5 Å². The van der Waals surface area contributed by atoms with Crippen molar-refractivity contribution in [2.75, 3.05) is 36.5 Å². The van der Waals surface area contributed by atoms with Gasteiger partial charge in [0.05, 0.1) is 29.3 Å². The van der Waals surface area contributed by atoms with E-state index in [0.717, 1.165) is 10.9 Å². The minimum absolute atomic E-state index is 0.203. The summed E-state index contributed by atoms with van der Waals surface area (Å²) in [6, 6.07) is 12.7. The SMILES string of the molecule is Cc1ccc(NC(=O)Cn2nc(N3CCOCC3)c3ccccc3c2=O)c(Cl)c1. The maximum Gasteiger partial charge on any atom is 0.275 e. The van der Waals surface area contributed by atoms with Crippen molar-refractivity contribution in [1.82, 2.24) is 9.78 Å². The summed E-state index contributed by atoms with van der Waals surface area (Å²) in [5.74, 6) is 0.318. The van der Waals surface area contributed by atoms with Gasteiger partial charge in [-0.3, -0.25) is 9.59 Å². The highest BCUT2D eigenvalue weighted by atomic mass is 35.5. The van der Waals surface area contributed by atoms with E-state index in [-0.39, 0.29) is 18.0 Å². The van der Waals surface area contributed by atoms with E-state index >= 15 is 0 Å².